The van der Waals surface area contributed by atoms with Gasteiger partial charge in [0.25, 0.3) is 0 Å². The number of benzene rings is 1. The number of carbonyl (C=O) groups is 1. The van der Waals surface area contributed by atoms with Gasteiger partial charge in [0.15, 0.2) is 0 Å². The average Bonchev–Trinajstić information content (AvgIpc) is 3.09. The monoisotopic (exact) mass is 414 g/mol. The zero-order valence-corrected chi connectivity index (χ0v) is 17.2. The molecule has 3 rings (SSSR count). The lowest BCUT2D eigenvalue weighted by atomic mass is 9.76. The van der Waals surface area contributed by atoms with Crippen LogP contribution in [0.3, 0.4) is 0 Å². The van der Waals surface area contributed by atoms with E-state index in [1.165, 1.54) is 4.90 Å². The topological polar surface area (TPSA) is 60.0 Å². The fourth-order valence-corrected chi connectivity index (χ4v) is 3.34. The molecule has 0 unspecified atom stereocenters. The highest BCUT2D eigenvalue weighted by molar-refractivity contribution is 6.62. The van der Waals surface area contributed by atoms with Crippen molar-refractivity contribution in [1.29, 1.82) is 0 Å². The van der Waals surface area contributed by atoms with Crippen molar-refractivity contribution in [2.45, 2.75) is 64.7 Å². The summed E-state index contributed by atoms with van der Waals surface area (Å²) in [6, 6.07) is 4.88. The van der Waals surface area contributed by atoms with E-state index >= 15 is 0 Å². The Morgan fingerprint density at radius 2 is 1.86 bits per heavy atom. The molecule has 1 N–H and O–H groups in total. The predicted octanol–water partition coefficient (Wildman–Crippen LogP) is 3.44. The van der Waals surface area contributed by atoms with Crippen LogP contribution in [-0.4, -0.2) is 54.8 Å². The first-order chi connectivity index (χ1) is 13.3. The summed E-state index contributed by atoms with van der Waals surface area (Å²) in [6.45, 7) is 9.85. The Bertz CT molecular complexity index is 769. The number of urea groups is 1. The van der Waals surface area contributed by atoms with E-state index in [0.29, 0.717) is 5.69 Å². The van der Waals surface area contributed by atoms with Crippen molar-refractivity contribution in [3.8, 4) is 0 Å². The number of carbonyl (C=O) groups excluding carboxylic acids is 1. The number of rotatable bonds is 3. The Labute approximate surface area is 168 Å². The minimum Gasteiger partial charge on any atom is -0.399 e. The molecule has 1 atom stereocenters. The number of amides is 2. The quantitative estimate of drug-likeness (QED) is 0.771. The molecule has 1 aromatic carbocycles. The first-order valence-electron chi connectivity index (χ1n) is 9.54. The number of ether oxygens (including phenoxy) is 1. The average molecular weight is 414 g/mol. The second-order valence-corrected chi connectivity index (χ2v) is 8.51. The van der Waals surface area contributed by atoms with Gasteiger partial charge in [0.1, 0.15) is 0 Å². The van der Waals surface area contributed by atoms with E-state index in [1.807, 2.05) is 40.7 Å². The number of anilines is 1. The van der Waals surface area contributed by atoms with E-state index in [1.54, 1.807) is 12.1 Å². The van der Waals surface area contributed by atoms with Gasteiger partial charge in [-0.1, -0.05) is 11.6 Å². The van der Waals surface area contributed by atoms with Crippen LogP contribution in [0, 0.1) is 6.92 Å². The third-order valence-corrected chi connectivity index (χ3v) is 5.77. The Morgan fingerprint density at radius 1 is 1.24 bits per heavy atom. The molecule has 0 radical (unpaired) electrons. The van der Waals surface area contributed by atoms with Gasteiger partial charge in [0.2, 0.25) is 0 Å². The van der Waals surface area contributed by atoms with Crippen LogP contribution in [-0.2, 0) is 14.0 Å². The molecule has 2 saturated heterocycles. The normalized spacial score (nSPS) is 23.5. The van der Waals surface area contributed by atoms with Gasteiger partial charge in [0.05, 0.1) is 17.3 Å². The SMILES string of the molecule is Cc1ccc(NC(=O)N2CC[C@H](OC(F)(F)F)C2)cc1B1OC(C)(C)C(C)(C)O1. The van der Waals surface area contributed by atoms with E-state index in [2.05, 4.69) is 10.1 Å². The second kappa shape index (κ2) is 7.48. The Kier molecular flexibility index (Phi) is 5.66. The third kappa shape index (κ3) is 4.87. The number of halogens is 3. The van der Waals surface area contributed by atoms with E-state index in [9.17, 15) is 18.0 Å². The van der Waals surface area contributed by atoms with Gasteiger partial charge >= 0.3 is 19.5 Å². The van der Waals surface area contributed by atoms with Gasteiger partial charge in [-0.3, -0.25) is 4.74 Å². The van der Waals surface area contributed by atoms with Crippen LogP contribution < -0.4 is 10.8 Å². The van der Waals surface area contributed by atoms with Crippen molar-refractivity contribution in [1.82, 2.24) is 4.90 Å². The minimum atomic E-state index is -4.70. The number of alkyl halides is 3. The molecule has 10 heteroatoms. The largest absolute Gasteiger partial charge is 0.522 e. The molecule has 0 saturated carbocycles. The van der Waals surface area contributed by atoms with Crippen LogP contribution in [0.25, 0.3) is 0 Å². The van der Waals surface area contributed by atoms with Crippen molar-refractivity contribution >= 4 is 24.3 Å². The van der Waals surface area contributed by atoms with Gasteiger partial charge in [-0.05, 0) is 58.6 Å². The van der Waals surface area contributed by atoms with Crippen molar-refractivity contribution in [2.75, 3.05) is 18.4 Å². The Morgan fingerprint density at radius 3 is 2.45 bits per heavy atom. The Balaban J connectivity index is 1.67. The number of hydrogen-bond acceptors (Lipinski definition) is 4. The smallest absolute Gasteiger partial charge is 0.399 e. The molecule has 0 spiro atoms. The van der Waals surface area contributed by atoms with Gasteiger partial charge < -0.3 is 19.5 Å². The standard InChI is InChI=1S/C19H26BF3N2O4/c1-12-6-7-13(10-15(12)20-28-17(2,3)18(4,5)29-20)24-16(26)25-9-8-14(11-25)27-19(21,22)23/h6-7,10,14H,8-9,11H2,1-5H3,(H,24,26)/t14-/m0/s1. The van der Waals surface area contributed by atoms with E-state index in [4.69, 9.17) is 9.31 Å². The highest BCUT2D eigenvalue weighted by Gasteiger charge is 2.52. The van der Waals surface area contributed by atoms with Gasteiger partial charge in [-0.25, -0.2) is 4.79 Å². The summed E-state index contributed by atoms with van der Waals surface area (Å²) in [5, 5.41) is 2.74. The summed E-state index contributed by atoms with van der Waals surface area (Å²) < 4.78 is 53.3. The molecule has 2 aliphatic rings. The molecule has 2 heterocycles. The maximum atomic E-state index is 12.5. The lowest BCUT2D eigenvalue weighted by Crippen LogP contribution is -2.41. The summed E-state index contributed by atoms with van der Waals surface area (Å²) in [7, 11) is -0.576. The summed E-state index contributed by atoms with van der Waals surface area (Å²) in [4.78, 5) is 13.8. The van der Waals surface area contributed by atoms with Crippen LogP contribution in [0.2, 0.25) is 0 Å². The molecule has 2 amide bonds. The third-order valence-electron chi connectivity index (χ3n) is 5.77. The second-order valence-electron chi connectivity index (χ2n) is 8.51. The summed E-state index contributed by atoms with van der Waals surface area (Å²) in [5.74, 6) is 0. The van der Waals surface area contributed by atoms with Crippen molar-refractivity contribution in [3.63, 3.8) is 0 Å². The molecule has 1 aromatic rings. The summed E-state index contributed by atoms with van der Waals surface area (Å²) in [6.07, 6.45) is -5.61. The van der Waals surface area contributed by atoms with Crippen molar-refractivity contribution < 1.29 is 32.0 Å². The number of nitrogens with zero attached hydrogens (tertiary/aromatic N) is 1. The molecule has 2 fully saturated rings. The maximum Gasteiger partial charge on any atom is 0.522 e. The Hall–Kier alpha value is -1.78. The fraction of sp³-hybridized carbons (Fsp3) is 0.632. The summed E-state index contributed by atoms with van der Waals surface area (Å²) in [5.41, 5.74) is 1.27. The first-order valence-corrected chi connectivity index (χ1v) is 9.54. The minimum absolute atomic E-state index is 0.110. The van der Waals surface area contributed by atoms with Gasteiger partial charge in [-0.15, -0.1) is 13.2 Å². The molecule has 0 bridgehead atoms. The van der Waals surface area contributed by atoms with E-state index in [-0.39, 0.29) is 19.5 Å². The zero-order valence-electron chi connectivity index (χ0n) is 17.2. The lowest BCUT2D eigenvalue weighted by molar-refractivity contribution is -0.340. The molecule has 6 nitrogen and oxygen atoms in total. The molecular formula is C19H26BF3N2O4. The molecular weight excluding hydrogens is 388 g/mol. The molecule has 0 aliphatic carbocycles. The predicted molar refractivity (Wildman–Crippen MR) is 103 cm³/mol. The molecule has 0 aromatic heterocycles. The van der Waals surface area contributed by atoms with E-state index in [0.717, 1.165) is 11.0 Å². The highest BCUT2D eigenvalue weighted by Crippen LogP contribution is 2.36. The van der Waals surface area contributed by atoms with Gasteiger partial charge in [0, 0.05) is 18.8 Å². The molecule has 29 heavy (non-hydrogen) atoms. The van der Waals surface area contributed by atoms with Gasteiger partial charge in [-0.2, -0.15) is 0 Å². The fourth-order valence-electron chi connectivity index (χ4n) is 3.34. The van der Waals surface area contributed by atoms with Crippen molar-refractivity contribution in [3.05, 3.63) is 23.8 Å². The highest BCUT2D eigenvalue weighted by atomic mass is 19.4. The molecule has 2 aliphatic heterocycles. The van der Waals surface area contributed by atoms with Crippen LogP contribution in [0.4, 0.5) is 23.7 Å². The van der Waals surface area contributed by atoms with E-state index < -0.39 is 36.8 Å². The van der Waals surface area contributed by atoms with Crippen molar-refractivity contribution in [2.24, 2.45) is 0 Å². The number of aryl methyl sites for hydroxylation is 1. The first kappa shape index (κ1) is 21.9. The van der Waals surface area contributed by atoms with Crippen LogP contribution in [0.1, 0.15) is 39.7 Å². The number of likely N-dealkylation sites (tertiary alicyclic amines) is 1. The summed E-state index contributed by atoms with van der Waals surface area (Å²) >= 11 is 0. The van der Waals surface area contributed by atoms with Crippen LogP contribution >= 0.6 is 0 Å². The number of hydrogen-bond donors (Lipinski definition) is 1. The lowest BCUT2D eigenvalue weighted by Gasteiger charge is -2.32. The molecule has 160 valence electrons. The van der Waals surface area contributed by atoms with Crippen LogP contribution in [0.15, 0.2) is 18.2 Å². The maximum absolute atomic E-state index is 12.5. The number of nitrogens with one attached hydrogen (secondary N) is 1. The van der Waals surface area contributed by atoms with Crippen LogP contribution in [0.5, 0.6) is 0 Å². The zero-order chi connectivity index (χ0) is 21.6.